The van der Waals surface area contributed by atoms with Crippen molar-refractivity contribution >= 4 is 16.6 Å². The average Bonchev–Trinajstić information content (AvgIpc) is 3.39. The first-order valence-corrected chi connectivity index (χ1v) is 10.5. The van der Waals surface area contributed by atoms with Gasteiger partial charge in [0.2, 0.25) is 0 Å². The third-order valence-electron chi connectivity index (χ3n) is 5.90. The van der Waals surface area contributed by atoms with Crippen LogP contribution in [0.25, 0.3) is 16.6 Å². The summed E-state index contributed by atoms with van der Waals surface area (Å²) in [5, 5.41) is 0.620. The number of aromatic nitrogens is 4. The van der Waals surface area contributed by atoms with E-state index in [4.69, 9.17) is 9.72 Å². The molecule has 3 aromatic heterocycles. The Morgan fingerprint density at radius 1 is 1.16 bits per heavy atom. The number of ether oxygens (including phenoxy) is 1. The maximum atomic E-state index is 13.5. The summed E-state index contributed by atoms with van der Waals surface area (Å²) in [6.07, 6.45) is 5.22. The molecule has 0 radical (unpaired) electrons. The number of nitrogens with zero attached hydrogens (tertiary/aromatic N) is 5. The monoisotopic (exact) mass is 421 g/mol. The van der Waals surface area contributed by atoms with Crippen molar-refractivity contribution in [3.63, 3.8) is 0 Å². The lowest BCUT2D eigenvalue weighted by Gasteiger charge is -2.26. The van der Waals surface area contributed by atoms with E-state index in [0.717, 1.165) is 30.9 Å². The van der Waals surface area contributed by atoms with Gasteiger partial charge in [0.1, 0.15) is 17.3 Å². The van der Waals surface area contributed by atoms with Crippen molar-refractivity contribution in [2.75, 3.05) is 20.3 Å². The number of halogens is 1. The largest absolute Gasteiger partial charge is 0.383 e. The highest BCUT2D eigenvalue weighted by Gasteiger charge is 2.31. The summed E-state index contributed by atoms with van der Waals surface area (Å²) in [4.78, 5) is 25.1. The van der Waals surface area contributed by atoms with Gasteiger partial charge in [-0.3, -0.25) is 14.3 Å². The smallest absolute Gasteiger partial charge is 0.261 e. The van der Waals surface area contributed by atoms with E-state index in [-0.39, 0.29) is 17.4 Å². The van der Waals surface area contributed by atoms with E-state index >= 15 is 0 Å². The van der Waals surface area contributed by atoms with Crippen LogP contribution in [0.1, 0.15) is 30.4 Å². The van der Waals surface area contributed by atoms with Crippen molar-refractivity contribution < 1.29 is 9.13 Å². The predicted octanol–water partition coefficient (Wildman–Crippen LogP) is 3.17. The number of fused-ring (bicyclic) bond motifs is 2. The van der Waals surface area contributed by atoms with Crippen LogP contribution in [-0.2, 0) is 17.8 Å². The van der Waals surface area contributed by atoms with Crippen LogP contribution in [-0.4, -0.2) is 44.1 Å². The molecule has 1 atom stereocenters. The second kappa shape index (κ2) is 8.20. The summed E-state index contributed by atoms with van der Waals surface area (Å²) in [5.74, 6) is 0.478. The lowest BCUT2D eigenvalue weighted by atomic mass is 10.1. The number of hydrogen-bond donors (Lipinski definition) is 0. The van der Waals surface area contributed by atoms with E-state index in [0.29, 0.717) is 36.2 Å². The Kier molecular flexibility index (Phi) is 5.25. The van der Waals surface area contributed by atoms with Crippen LogP contribution in [0.3, 0.4) is 0 Å². The van der Waals surface area contributed by atoms with E-state index in [1.807, 2.05) is 30.5 Å². The van der Waals surface area contributed by atoms with Crippen molar-refractivity contribution in [3.8, 4) is 0 Å². The Bertz CT molecular complexity index is 1300. The molecule has 1 saturated heterocycles. The highest BCUT2D eigenvalue weighted by Crippen LogP contribution is 2.32. The van der Waals surface area contributed by atoms with Crippen LogP contribution in [0.4, 0.5) is 4.39 Å². The molecule has 31 heavy (non-hydrogen) atoms. The van der Waals surface area contributed by atoms with Gasteiger partial charge < -0.3 is 9.14 Å². The van der Waals surface area contributed by atoms with Gasteiger partial charge in [-0.15, -0.1) is 0 Å². The molecule has 160 valence electrons. The van der Waals surface area contributed by atoms with Crippen molar-refractivity contribution in [1.82, 2.24) is 23.8 Å². The fourth-order valence-electron chi connectivity index (χ4n) is 4.45. The fraction of sp³-hybridized carbons (Fsp3) is 0.348. The molecule has 5 rings (SSSR count). The first-order valence-electron chi connectivity index (χ1n) is 10.5. The van der Waals surface area contributed by atoms with Crippen LogP contribution >= 0.6 is 0 Å². The normalized spacial score (nSPS) is 17.2. The summed E-state index contributed by atoms with van der Waals surface area (Å²) >= 11 is 0. The molecule has 0 spiro atoms. The highest BCUT2D eigenvalue weighted by molar-refractivity contribution is 5.77. The number of likely N-dealkylation sites (tertiary alicyclic amines) is 1. The second-order valence-corrected chi connectivity index (χ2v) is 7.91. The van der Waals surface area contributed by atoms with E-state index in [1.54, 1.807) is 22.1 Å². The zero-order valence-corrected chi connectivity index (χ0v) is 17.4. The molecular weight excluding hydrogens is 397 g/mol. The molecule has 0 N–H and O–H groups in total. The predicted molar refractivity (Wildman–Crippen MR) is 115 cm³/mol. The van der Waals surface area contributed by atoms with Gasteiger partial charge in [-0.1, -0.05) is 12.1 Å². The maximum Gasteiger partial charge on any atom is 0.261 e. The molecule has 7 nitrogen and oxygen atoms in total. The summed E-state index contributed by atoms with van der Waals surface area (Å²) < 4.78 is 22.3. The Morgan fingerprint density at radius 2 is 2.03 bits per heavy atom. The van der Waals surface area contributed by atoms with Crippen LogP contribution in [0.15, 0.2) is 53.6 Å². The lowest BCUT2D eigenvalue weighted by Crippen LogP contribution is -2.33. The topological polar surface area (TPSA) is 64.7 Å². The van der Waals surface area contributed by atoms with Crippen molar-refractivity contribution in [2.24, 2.45) is 0 Å². The maximum absolute atomic E-state index is 13.5. The van der Waals surface area contributed by atoms with Gasteiger partial charge in [-0.05, 0) is 43.7 Å². The molecule has 1 fully saturated rings. The SMILES string of the molecule is COCCn1c(C2CCCN2Cc2cn3cc(F)ccc3n2)nc2ccccc2c1=O. The number of rotatable bonds is 6. The molecule has 0 saturated carbocycles. The standard InChI is InChI=1S/C23H24FN5O2/c1-31-12-11-29-22(26-19-6-3-2-5-18(19)23(29)30)20-7-4-10-27(20)14-17-15-28-13-16(24)8-9-21(28)25-17/h2-3,5-6,8-9,13,15,20H,4,7,10-12,14H2,1H3. The summed E-state index contributed by atoms with van der Waals surface area (Å²) in [5.41, 5.74) is 2.26. The Balaban J connectivity index is 1.52. The summed E-state index contributed by atoms with van der Waals surface area (Å²) in [6, 6.07) is 10.6. The fourth-order valence-corrected chi connectivity index (χ4v) is 4.45. The Morgan fingerprint density at radius 3 is 2.90 bits per heavy atom. The Labute approximate surface area is 178 Å². The molecule has 1 unspecified atom stereocenters. The molecular formula is C23H24FN5O2. The molecule has 0 bridgehead atoms. The minimum atomic E-state index is -0.293. The first-order chi connectivity index (χ1) is 15.1. The third-order valence-corrected chi connectivity index (χ3v) is 5.90. The van der Waals surface area contributed by atoms with E-state index in [1.165, 1.54) is 12.3 Å². The summed E-state index contributed by atoms with van der Waals surface area (Å²) in [6.45, 7) is 2.40. The molecule has 1 aliphatic heterocycles. The van der Waals surface area contributed by atoms with Gasteiger partial charge in [-0.25, -0.2) is 14.4 Å². The molecule has 1 aliphatic rings. The van der Waals surface area contributed by atoms with Crippen molar-refractivity contribution in [3.05, 3.63) is 76.5 Å². The molecule has 4 aromatic rings. The minimum absolute atomic E-state index is 0.00992. The molecule has 0 amide bonds. The number of pyridine rings is 1. The van der Waals surface area contributed by atoms with Gasteiger partial charge in [0, 0.05) is 26.0 Å². The second-order valence-electron chi connectivity index (χ2n) is 7.91. The Hall–Kier alpha value is -3.10. The van der Waals surface area contributed by atoms with Gasteiger partial charge in [0.15, 0.2) is 0 Å². The number of para-hydroxylation sites is 1. The third kappa shape index (κ3) is 3.73. The molecule has 1 aromatic carbocycles. The molecule has 0 aliphatic carbocycles. The molecule has 4 heterocycles. The average molecular weight is 421 g/mol. The van der Waals surface area contributed by atoms with Gasteiger partial charge >= 0.3 is 0 Å². The number of imidazole rings is 1. The van der Waals surface area contributed by atoms with Crippen LogP contribution in [0, 0.1) is 5.82 Å². The van der Waals surface area contributed by atoms with E-state index < -0.39 is 0 Å². The number of methoxy groups -OCH3 is 1. The van der Waals surface area contributed by atoms with Gasteiger partial charge in [0.05, 0.1) is 35.8 Å². The van der Waals surface area contributed by atoms with Gasteiger partial charge in [0.25, 0.3) is 5.56 Å². The lowest BCUT2D eigenvalue weighted by molar-refractivity contribution is 0.178. The van der Waals surface area contributed by atoms with Crippen molar-refractivity contribution in [2.45, 2.75) is 32.0 Å². The van der Waals surface area contributed by atoms with E-state index in [9.17, 15) is 9.18 Å². The number of hydrogen-bond acceptors (Lipinski definition) is 5. The van der Waals surface area contributed by atoms with Crippen molar-refractivity contribution in [1.29, 1.82) is 0 Å². The van der Waals surface area contributed by atoms with E-state index in [2.05, 4.69) is 9.88 Å². The van der Waals surface area contributed by atoms with Crippen LogP contribution in [0.2, 0.25) is 0 Å². The minimum Gasteiger partial charge on any atom is -0.383 e. The zero-order valence-electron chi connectivity index (χ0n) is 17.4. The quantitative estimate of drug-likeness (QED) is 0.479. The zero-order chi connectivity index (χ0) is 21.4. The molecule has 8 heteroatoms. The van der Waals surface area contributed by atoms with Gasteiger partial charge in [-0.2, -0.15) is 0 Å². The highest BCUT2D eigenvalue weighted by atomic mass is 19.1. The van der Waals surface area contributed by atoms with Crippen LogP contribution < -0.4 is 5.56 Å². The first kappa shape index (κ1) is 19.8. The van der Waals surface area contributed by atoms with Crippen LogP contribution in [0.5, 0.6) is 0 Å². The summed E-state index contributed by atoms with van der Waals surface area (Å²) in [7, 11) is 1.63. The number of benzene rings is 1.